The van der Waals surface area contributed by atoms with Crippen molar-refractivity contribution < 1.29 is 8.78 Å². The highest BCUT2D eigenvalue weighted by Crippen LogP contribution is 2.39. The van der Waals surface area contributed by atoms with Gasteiger partial charge < -0.3 is 9.80 Å². The van der Waals surface area contributed by atoms with Crippen molar-refractivity contribution in [2.24, 2.45) is 11.8 Å². The molecule has 5 heteroatoms. The molecule has 1 aromatic heterocycles. The van der Waals surface area contributed by atoms with Crippen molar-refractivity contribution in [2.75, 3.05) is 31.1 Å². The summed E-state index contributed by atoms with van der Waals surface area (Å²) in [5.74, 6) is 0.412. The summed E-state index contributed by atoms with van der Waals surface area (Å²) in [4.78, 5) is 9.46. The van der Waals surface area contributed by atoms with Crippen LogP contribution in [-0.4, -0.2) is 42.1 Å². The van der Waals surface area contributed by atoms with Crippen LogP contribution in [0.15, 0.2) is 36.7 Å². The van der Waals surface area contributed by atoms with Gasteiger partial charge in [0.25, 0.3) is 0 Å². The molecule has 4 saturated heterocycles. The Labute approximate surface area is 146 Å². The highest BCUT2D eigenvalue weighted by Gasteiger charge is 2.41. The van der Waals surface area contributed by atoms with Crippen molar-refractivity contribution in [1.29, 1.82) is 0 Å². The summed E-state index contributed by atoms with van der Waals surface area (Å²) in [7, 11) is 0. The highest BCUT2D eigenvalue weighted by molar-refractivity contribution is 5.67. The Hall–Kier alpha value is -2.01. The molecule has 0 spiro atoms. The molecule has 1 aromatic carbocycles. The molecule has 4 bridgehead atoms. The van der Waals surface area contributed by atoms with Crippen molar-refractivity contribution >= 4 is 5.69 Å². The van der Waals surface area contributed by atoms with Gasteiger partial charge in [-0.25, -0.2) is 8.78 Å². The summed E-state index contributed by atoms with van der Waals surface area (Å²) < 4.78 is 27.1. The van der Waals surface area contributed by atoms with E-state index in [2.05, 4.69) is 14.8 Å². The molecule has 4 atom stereocenters. The average molecular weight is 341 g/mol. The maximum atomic E-state index is 13.6. The summed E-state index contributed by atoms with van der Waals surface area (Å²) >= 11 is 0. The van der Waals surface area contributed by atoms with Crippen LogP contribution < -0.4 is 4.90 Å². The smallest absolute Gasteiger partial charge is 0.126 e. The molecule has 4 aliphatic rings. The fraction of sp³-hybridized carbons (Fsp3) is 0.450. The second-order valence-corrected chi connectivity index (χ2v) is 7.82. The van der Waals surface area contributed by atoms with Crippen molar-refractivity contribution in [3.8, 4) is 11.1 Å². The summed E-state index contributed by atoms with van der Waals surface area (Å²) in [6.07, 6.45) is 6.14. The molecule has 0 amide bonds. The van der Waals surface area contributed by atoms with Gasteiger partial charge in [0, 0.05) is 50.0 Å². The Morgan fingerprint density at radius 2 is 1.60 bits per heavy atom. The van der Waals surface area contributed by atoms with Crippen molar-refractivity contribution in [2.45, 2.75) is 18.9 Å². The number of aromatic nitrogens is 1. The van der Waals surface area contributed by atoms with E-state index in [4.69, 9.17) is 0 Å². The van der Waals surface area contributed by atoms with Gasteiger partial charge in [0.2, 0.25) is 0 Å². The monoisotopic (exact) mass is 341 g/mol. The Morgan fingerprint density at radius 3 is 2.40 bits per heavy atom. The molecule has 3 nitrogen and oxygen atoms in total. The first-order valence-electron chi connectivity index (χ1n) is 9.04. The molecule has 6 rings (SSSR count). The zero-order valence-electron chi connectivity index (χ0n) is 14.0. The number of fused-ring (bicyclic) bond motifs is 1. The topological polar surface area (TPSA) is 19.4 Å². The third-order valence-corrected chi connectivity index (χ3v) is 5.92. The highest BCUT2D eigenvalue weighted by atomic mass is 19.1. The quantitative estimate of drug-likeness (QED) is 0.833. The Kier molecular flexibility index (Phi) is 3.52. The summed E-state index contributed by atoms with van der Waals surface area (Å²) in [6.45, 7) is 4.62. The van der Waals surface area contributed by atoms with E-state index in [1.807, 2.05) is 12.3 Å². The van der Waals surface area contributed by atoms with Gasteiger partial charge in [-0.15, -0.1) is 0 Å². The number of pyridine rings is 1. The standard InChI is InChI=1S/C20H21F2N3/c21-17-3-15(4-18(22)6-17)16-5-19(8-23-7-16)25-11-14-1-13-2-20(25)12-24(9-13)10-14/h3-8,13-14,20H,1-2,9-12H2. The third-order valence-electron chi connectivity index (χ3n) is 5.92. The molecule has 4 aliphatic heterocycles. The van der Waals surface area contributed by atoms with E-state index in [1.165, 1.54) is 38.1 Å². The van der Waals surface area contributed by atoms with E-state index in [1.54, 1.807) is 6.20 Å². The lowest BCUT2D eigenvalue weighted by Crippen LogP contribution is -2.49. The molecule has 4 unspecified atom stereocenters. The lowest BCUT2D eigenvalue weighted by Gasteiger charge is -2.41. The van der Waals surface area contributed by atoms with Crippen molar-refractivity contribution in [1.82, 2.24) is 9.88 Å². The van der Waals surface area contributed by atoms with Crippen LogP contribution in [0.25, 0.3) is 11.1 Å². The predicted octanol–water partition coefficient (Wildman–Crippen LogP) is 3.56. The van der Waals surface area contributed by atoms with Crippen LogP contribution >= 0.6 is 0 Å². The second-order valence-electron chi connectivity index (χ2n) is 7.82. The largest absolute Gasteiger partial charge is 0.366 e. The van der Waals surface area contributed by atoms with Gasteiger partial charge in [0.05, 0.1) is 11.9 Å². The van der Waals surface area contributed by atoms with Gasteiger partial charge in [-0.05, 0) is 48.4 Å². The van der Waals surface area contributed by atoms with E-state index in [0.717, 1.165) is 36.3 Å². The Balaban J connectivity index is 1.50. The second kappa shape index (κ2) is 5.77. The van der Waals surface area contributed by atoms with Gasteiger partial charge in [-0.3, -0.25) is 4.98 Å². The first-order valence-corrected chi connectivity index (χ1v) is 9.04. The molecule has 130 valence electrons. The molecule has 4 fully saturated rings. The van der Waals surface area contributed by atoms with Crippen LogP contribution in [0.4, 0.5) is 14.5 Å². The first-order chi connectivity index (χ1) is 12.1. The molecule has 2 aromatic rings. The maximum Gasteiger partial charge on any atom is 0.126 e. The van der Waals surface area contributed by atoms with E-state index in [9.17, 15) is 8.78 Å². The van der Waals surface area contributed by atoms with Crippen LogP contribution in [-0.2, 0) is 0 Å². The molecule has 25 heavy (non-hydrogen) atoms. The summed E-state index contributed by atoms with van der Waals surface area (Å²) in [5, 5.41) is 0. The fourth-order valence-electron chi connectivity index (χ4n) is 5.07. The van der Waals surface area contributed by atoms with Crippen molar-refractivity contribution in [3.05, 3.63) is 48.3 Å². The van der Waals surface area contributed by atoms with Gasteiger partial charge >= 0.3 is 0 Å². The molecule has 5 heterocycles. The first kappa shape index (κ1) is 15.3. The molecule has 0 saturated carbocycles. The van der Waals surface area contributed by atoms with Crippen molar-refractivity contribution in [3.63, 3.8) is 0 Å². The predicted molar refractivity (Wildman–Crippen MR) is 93.4 cm³/mol. The molecule has 0 radical (unpaired) electrons. The SMILES string of the molecule is Fc1cc(F)cc(-c2cncc(N3CC4CC5CC3CN(C5)C4)c2)c1. The van der Waals surface area contributed by atoms with Gasteiger partial charge in [0.1, 0.15) is 11.6 Å². The van der Waals surface area contributed by atoms with Crippen LogP contribution in [0.3, 0.4) is 0 Å². The number of benzene rings is 1. The number of nitrogens with zero attached hydrogens (tertiary/aromatic N) is 3. The maximum absolute atomic E-state index is 13.6. The number of anilines is 1. The molecule has 0 aliphatic carbocycles. The fourth-order valence-corrected chi connectivity index (χ4v) is 5.07. The zero-order valence-corrected chi connectivity index (χ0v) is 14.0. The minimum atomic E-state index is -0.557. The number of halogens is 2. The molecule has 0 N–H and O–H groups in total. The number of hydrogen-bond acceptors (Lipinski definition) is 3. The van der Waals surface area contributed by atoms with E-state index in [-0.39, 0.29) is 0 Å². The van der Waals surface area contributed by atoms with E-state index < -0.39 is 11.6 Å². The summed E-state index contributed by atoms with van der Waals surface area (Å²) in [5.41, 5.74) is 2.37. The third kappa shape index (κ3) is 2.80. The van der Waals surface area contributed by atoms with Crippen LogP contribution in [0.2, 0.25) is 0 Å². The van der Waals surface area contributed by atoms with E-state index in [0.29, 0.717) is 17.5 Å². The lowest BCUT2D eigenvalue weighted by molar-refractivity contribution is 0.0980. The summed E-state index contributed by atoms with van der Waals surface area (Å²) in [6, 6.07) is 6.19. The number of piperidine rings is 2. The Bertz CT molecular complexity index is 775. The minimum Gasteiger partial charge on any atom is -0.366 e. The van der Waals surface area contributed by atoms with Crippen LogP contribution in [0, 0.1) is 23.5 Å². The molecular weight excluding hydrogens is 320 g/mol. The van der Waals surface area contributed by atoms with Gasteiger partial charge in [-0.1, -0.05) is 0 Å². The van der Waals surface area contributed by atoms with Gasteiger partial charge in [-0.2, -0.15) is 0 Å². The van der Waals surface area contributed by atoms with E-state index >= 15 is 0 Å². The number of hydrogen-bond donors (Lipinski definition) is 0. The number of rotatable bonds is 2. The normalized spacial score (nSPS) is 30.6. The van der Waals surface area contributed by atoms with Gasteiger partial charge in [0.15, 0.2) is 0 Å². The van der Waals surface area contributed by atoms with Crippen LogP contribution in [0.1, 0.15) is 12.8 Å². The Morgan fingerprint density at radius 1 is 0.800 bits per heavy atom. The molecular formula is C20H21F2N3. The minimum absolute atomic E-state index is 0.521. The average Bonchev–Trinajstić information content (AvgIpc) is 2.78. The lowest BCUT2D eigenvalue weighted by atomic mass is 9.84. The zero-order chi connectivity index (χ0) is 17.0. The van der Waals surface area contributed by atoms with Crippen LogP contribution in [0.5, 0.6) is 0 Å².